The lowest BCUT2D eigenvalue weighted by molar-refractivity contribution is -0.137. The standard InChI is InChI=1S/C17H15F3N2O2/c1-10-14(21-11(2)23)8-5-9-15(10)22-16(24)12-6-3-4-7-13(12)17(18,19)20/h3-9H,1-2H3,(H,21,23)(H,22,24). The molecule has 4 nitrogen and oxygen atoms in total. The zero-order chi connectivity index (χ0) is 17.9. The van der Waals surface area contributed by atoms with Crippen LogP contribution in [0.4, 0.5) is 24.5 Å². The van der Waals surface area contributed by atoms with Gasteiger partial charge in [-0.2, -0.15) is 13.2 Å². The number of benzene rings is 2. The van der Waals surface area contributed by atoms with Gasteiger partial charge in [0.15, 0.2) is 0 Å². The van der Waals surface area contributed by atoms with E-state index in [1.807, 2.05) is 0 Å². The number of anilines is 2. The maximum Gasteiger partial charge on any atom is 0.417 e. The first-order chi connectivity index (χ1) is 11.2. The van der Waals surface area contributed by atoms with E-state index >= 15 is 0 Å². The molecular formula is C17H15F3N2O2. The largest absolute Gasteiger partial charge is 0.417 e. The minimum Gasteiger partial charge on any atom is -0.326 e. The van der Waals surface area contributed by atoms with Gasteiger partial charge in [-0.05, 0) is 36.8 Å². The van der Waals surface area contributed by atoms with Gasteiger partial charge in [-0.25, -0.2) is 0 Å². The van der Waals surface area contributed by atoms with Crippen LogP contribution in [-0.4, -0.2) is 11.8 Å². The second-order valence-electron chi connectivity index (χ2n) is 5.16. The summed E-state index contributed by atoms with van der Waals surface area (Å²) in [5.41, 5.74) is -0.120. The van der Waals surface area contributed by atoms with Crippen LogP contribution < -0.4 is 10.6 Å². The molecule has 7 heteroatoms. The van der Waals surface area contributed by atoms with Crippen LogP contribution in [0, 0.1) is 6.92 Å². The van der Waals surface area contributed by atoms with Crippen LogP contribution >= 0.6 is 0 Å². The highest BCUT2D eigenvalue weighted by Gasteiger charge is 2.34. The third-order valence-corrected chi connectivity index (χ3v) is 3.37. The average molecular weight is 336 g/mol. The Balaban J connectivity index is 2.33. The average Bonchev–Trinajstić information content (AvgIpc) is 2.50. The van der Waals surface area contributed by atoms with Gasteiger partial charge in [-0.15, -0.1) is 0 Å². The summed E-state index contributed by atoms with van der Waals surface area (Å²) in [5.74, 6) is -1.16. The molecule has 0 spiro atoms. The van der Waals surface area contributed by atoms with Crippen LogP contribution in [0.1, 0.15) is 28.4 Å². The first kappa shape index (κ1) is 17.5. The van der Waals surface area contributed by atoms with Crippen molar-refractivity contribution in [3.63, 3.8) is 0 Å². The first-order valence-electron chi connectivity index (χ1n) is 7.05. The summed E-state index contributed by atoms with van der Waals surface area (Å²) in [5, 5.41) is 5.05. The molecule has 0 bridgehead atoms. The molecule has 0 aliphatic heterocycles. The van der Waals surface area contributed by atoms with Crippen LogP contribution in [0.5, 0.6) is 0 Å². The summed E-state index contributed by atoms with van der Waals surface area (Å²) in [6.07, 6.45) is -4.62. The third-order valence-electron chi connectivity index (χ3n) is 3.37. The smallest absolute Gasteiger partial charge is 0.326 e. The van der Waals surface area contributed by atoms with Gasteiger partial charge in [0.05, 0.1) is 11.1 Å². The van der Waals surface area contributed by atoms with Crippen LogP contribution in [0.3, 0.4) is 0 Å². The molecule has 0 aliphatic carbocycles. The quantitative estimate of drug-likeness (QED) is 0.881. The molecule has 0 atom stereocenters. The Hall–Kier alpha value is -2.83. The summed E-state index contributed by atoms with van der Waals surface area (Å²) in [6, 6.07) is 9.34. The van der Waals surface area contributed by atoms with Crippen LogP contribution in [0.25, 0.3) is 0 Å². The van der Waals surface area contributed by atoms with Gasteiger partial charge in [-0.1, -0.05) is 18.2 Å². The van der Waals surface area contributed by atoms with Gasteiger partial charge in [0.25, 0.3) is 5.91 Å². The molecule has 2 aromatic carbocycles. The number of halogens is 3. The Bertz CT molecular complexity index is 786. The van der Waals surface area contributed by atoms with Gasteiger partial charge in [0.1, 0.15) is 0 Å². The highest BCUT2D eigenvalue weighted by atomic mass is 19.4. The molecule has 0 radical (unpaired) electrons. The second kappa shape index (κ2) is 6.74. The summed E-state index contributed by atoms with van der Waals surface area (Å²) >= 11 is 0. The zero-order valence-corrected chi connectivity index (χ0v) is 13.0. The Morgan fingerprint density at radius 1 is 0.917 bits per heavy atom. The van der Waals surface area contributed by atoms with Crippen LogP contribution in [0.15, 0.2) is 42.5 Å². The van der Waals surface area contributed by atoms with E-state index in [4.69, 9.17) is 0 Å². The van der Waals surface area contributed by atoms with Gasteiger partial charge < -0.3 is 10.6 Å². The van der Waals surface area contributed by atoms with Crippen molar-refractivity contribution in [1.82, 2.24) is 0 Å². The number of carbonyl (C=O) groups is 2. The SMILES string of the molecule is CC(=O)Nc1cccc(NC(=O)c2ccccc2C(F)(F)F)c1C. The summed E-state index contributed by atoms with van der Waals surface area (Å²) in [4.78, 5) is 23.4. The first-order valence-corrected chi connectivity index (χ1v) is 7.05. The predicted octanol–water partition coefficient (Wildman–Crippen LogP) is 4.22. The Labute approximate surface area is 136 Å². The van der Waals surface area contributed by atoms with E-state index in [-0.39, 0.29) is 5.91 Å². The van der Waals surface area contributed by atoms with E-state index in [1.54, 1.807) is 25.1 Å². The van der Waals surface area contributed by atoms with Crippen molar-refractivity contribution >= 4 is 23.2 Å². The topological polar surface area (TPSA) is 58.2 Å². The summed E-state index contributed by atoms with van der Waals surface area (Å²) in [7, 11) is 0. The normalized spacial score (nSPS) is 11.0. The molecule has 2 aromatic rings. The highest BCUT2D eigenvalue weighted by Crippen LogP contribution is 2.32. The summed E-state index contributed by atoms with van der Waals surface area (Å²) in [6.45, 7) is 2.99. The molecule has 24 heavy (non-hydrogen) atoms. The monoisotopic (exact) mass is 336 g/mol. The van der Waals surface area contributed by atoms with E-state index in [0.29, 0.717) is 16.9 Å². The van der Waals surface area contributed by atoms with Gasteiger partial charge in [-0.3, -0.25) is 9.59 Å². The molecular weight excluding hydrogens is 321 g/mol. The van der Waals surface area contributed by atoms with Crippen molar-refractivity contribution in [2.75, 3.05) is 10.6 Å². The number of carbonyl (C=O) groups excluding carboxylic acids is 2. The Morgan fingerprint density at radius 3 is 2.08 bits per heavy atom. The number of alkyl halides is 3. The molecule has 126 valence electrons. The third kappa shape index (κ3) is 3.92. The van der Waals surface area contributed by atoms with Crippen LogP contribution in [-0.2, 0) is 11.0 Å². The van der Waals surface area contributed by atoms with Gasteiger partial charge in [0, 0.05) is 18.3 Å². The van der Waals surface area contributed by atoms with Crippen molar-refractivity contribution in [3.05, 3.63) is 59.2 Å². The minimum absolute atomic E-state index is 0.288. The van der Waals surface area contributed by atoms with Crippen molar-refractivity contribution in [1.29, 1.82) is 0 Å². The number of hydrogen-bond acceptors (Lipinski definition) is 2. The highest BCUT2D eigenvalue weighted by molar-refractivity contribution is 6.06. The fourth-order valence-corrected chi connectivity index (χ4v) is 2.21. The molecule has 0 unspecified atom stereocenters. The van der Waals surface area contributed by atoms with Crippen molar-refractivity contribution < 1.29 is 22.8 Å². The van der Waals surface area contributed by atoms with E-state index in [0.717, 1.165) is 12.1 Å². The maximum absolute atomic E-state index is 13.0. The van der Waals surface area contributed by atoms with Crippen molar-refractivity contribution in [2.24, 2.45) is 0 Å². The zero-order valence-electron chi connectivity index (χ0n) is 13.0. The number of nitrogens with one attached hydrogen (secondary N) is 2. The van der Waals surface area contributed by atoms with Gasteiger partial charge >= 0.3 is 6.18 Å². The maximum atomic E-state index is 13.0. The lowest BCUT2D eigenvalue weighted by atomic mass is 10.1. The molecule has 0 fully saturated rings. The van der Waals surface area contributed by atoms with Crippen molar-refractivity contribution in [2.45, 2.75) is 20.0 Å². The van der Waals surface area contributed by atoms with Crippen molar-refractivity contribution in [3.8, 4) is 0 Å². The lowest BCUT2D eigenvalue weighted by Crippen LogP contribution is -2.19. The second-order valence-corrected chi connectivity index (χ2v) is 5.16. The van der Waals surface area contributed by atoms with E-state index in [9.17, 15) is 22.8 Å². The Kier molecular flexibility index (Phi) is 4.92. The van der Waals surface area contributed by atoms with E-state index < -0.39 is 23.2 Å². The number of rotatable bonds is 3. The molecule has 0 aliphatic rings. The lowest BCUT2D eigenvalue weighted by Gasteiger charge is -2.15. The molecule has 0 saturated heterocycles. The minimum atomic E-state index is -4.62. The molecule has 2 N–H and O–H groups in total. The van der Waals surface area contributed by atoms with E-state index in [2.05, 4.69) is 10.6 Å². The van der Waals surface area contributed by atoms with E-state index in [1.165, 1.54) is 19.1 Å². The van der Waals surface area contributed by atoms with Gasteiger partial charge in [0.2, 0.25) is 5.91 Å². The summed E-state index contributed by atoms with van der Waals surface area (Å²) < 4.78 is 39.0. The predicted molar refractivity (Wildman–Crippen MR) is 84.9 cm³/mol. The molecule has 2 rings (SSSR count). The fourth-order valence-electron chi connectivity index (χ4n) is 2.21. The molecule has 0 heterocycles. The molecule has 0 aromatic heterocycles. The molecule has 2 amide bonds. The number of amides is 2. The molecule has 0 saturated carbocycles. The Morgan fingerprint density at radius 2 is 1.50 bits per heavy atom. The number of hydrogen-bond donors (Lipinski definition) is 2. The van der Waals surface area contributed by atoms with Crippen LogP contribution in [0.2, 0.25) is 0 Å². The fraction of sp³-hybridized carbons (Fsp3) is 0.176.